The van der Waals surface area contributed by atoms with E-state index in [1.807, 2.05) is 36.7 Å². The minimum Gasteiger partial charge on any atom is -0.334 e. The summed E-state index contributed by atoms with van der Waals surface area (Å²) in [5, 5.41) is 11.0. The molecule has 0 bridgehead atoms. The Morgan fingerprint density at radius 2 is 2.26 bits per heavy atom. The smallest absolute Gasteiger partial charge is 0.315 e. The third kappa shape index (κ3) is 3.82. The Bertz CT molecular complexity index is 727. The predicted octanol–water partition coefficient (Wildman–Crippen LogP) is 2.36. The van der Waals surface area contributed by atoms with E-state index < -0.39 is 0 Å². The molecule has 2 N–H and O–H groups in total. The first kappa shape index (κ1) is 15.8. The molecule has 1 aliphatic heterocycles. The van der Waals surface area contributed by atoms with Gasteiger partial charge in [-0.2, -0.15) is 5.10 Å². The molecular weight excluding hydrogens is 314 g/mol. The highest BCUT2D eigenvalue weighted by Crippen LogP contribution is 2.16. The Hall–Kier alpha value is -2.08. The number of aryl methyl sites for hydroxylation is 3. The summed E-state index contributed by atoms with van der Waals surface area (Å²) in [6.07, 6.45) is 1.72. The fraction of sp³-hybridized carbons (Fsp3) is 0.438. The zero-order chi connectivity index (χ0) is 16.4. The van der Waals surface area contributed by atoms with Crippen molar-refractivity contribution >= 4 is 17.6 Å². The fourth-order valence-corrected chi connectivity index (χ4v) is 2.90. The third-order valence-corrected chi connectivity index (χ3v) is 4.40. The van der Waals surface area contributed by atoms with Crippen molar-refractivity contribution in [3.8, 4) is 0 Å². The Morgan fingerprint density at radius 3 is 3.04 bits per heavy atom. The molecule has 0 fully saturated rings. The van der Waals surface area contributed by atoms with Crippen LogP contribution in [0.25, 0.3) is 0 Å². The summed E-state index contributed by atoms with van der Waals surface area (Å²) in [6, 6.07) is 5.66. The molecule has 0 saturated heterocycles. The molecule has 1 aromatic carbocycles. The number of carbonyl (C=O) groups excluding carboxylic acids is 1. The molecule has 0 radical (unpaired) electrons. The molecule has 0 aliphatic carbocycles. The maximum Gasteiger partial charge on any atom is 0.315 e. The molecule has 122 valence electrons. The van der Waals surface area contributed by atoms with Gasteiger partial charge in [0.05, 0.1) is 12.6 Å². The number of nitrogens with zero attached hydrogens (tertiary/aromatic N) is 3. The lowest BCUT2D eigenvalue weighted by atomic mass is 10.1. The van der Waals surface area contributed by atoms with Gasteiger partial charge in [0.2, 0.25) is 0 Å². The molecule has 0 spiro atoms. The fourth-order valence-electron chi connectivity index (χ4n) is 2.79. The van der Waals surface area contributed by atoms with E-state index in [-0.39, 0.29) is 12.1 Å². The SMILES string of the molecule is Cc1nc2n(n1)C[C@@H](NC(=O)NCc1ccc(Cl)c(C)c1)CC2. The van der Waals surface area contributed by atoms with Crippen molar-refractivity contribution in [2.24, 2.45) is 0 Å². The summed E-state index contributed by atoms with van der Waals surface area (Å²) >= 11 is 6.00. The Morgan fingerprint density at radius 1 is 1.43 bits per heavy atom. The van der Waals surface area contributed by atoms with Crippen LogP contribution in [0, 0.1) is 13.8 Å². The van der Waals surface area contributed by atoms with Gasteiger partial charge < -0.3 is 10.6 Å². The van der Waals surface area contributed by atoms with Gasteiger partial charge in [-0.05, 0) is 37.5 Å². The van der Waals surface area contributed by atoms with Crippen molar-refractivity contribution in [1.29, 1.82) is 0 Å². The van der Waals surface area contributed by atoms with Crippen molar-refractivity contribution in [2.45, 2.75) is 45.8 Å². The molecule has 2 aromatic rings. The molecule has 2 amide bonds. The molecule has 0 saturated carbocycles. The number of rotatable bonds is 3. The van der Waals surface area contributed by atoms with Crippen molar-refractivity contribution in [1.82, 2.24) is 25.4 Å². The van der Waals surface area contributed by atoms with Gasteiger partial charge in [0.25, 0.3) is 0 Å². The molecule has 23 heavy (non-hydrogen) atoms. The van der Waals surface area contributed by atoms with Crippen molar-refractivity contribution in [3.05, 3.63) is 46.0 Å². The number of fused-ring (bicyclic) bond motifs is 1. The van der Waals surface area contributed by atoms with E-state index in [0.717, 1.165) is 40.6 Å². The van der Waals surface area contributed by atoms with E-state index >= 15 is 0 Å². The molecule has 3 rings (SSSR count). The number of carbonyl (C=O) groups is 1. The first-order chi connectivity index (χ1) is 11.0. The zero-order valence-electron chi connectivity index (χ0n) is 13.3. The summed E-state index contributed by atoms with van der Waals surface area (Å²) in [5.41, 5.74) is 2.03. The molecular formula is C16H20ClN5O. The second-order valence-corrected chi connectivity index (χ2v) is 6.31. The number of halogens is 1. The lowest BCUT2D eigenvalue weighted by Crippen LogP contribution is -2.45. The van der Waals surface area contributed by atoms with Crippen molar-refractivity contribution in [3.63, 3.8) is 0 Å². The van der Waals surface area contributed by atoms with Gasteiger partial charge in [0.1, 0.15) is 11.6 Å². The molecule has 1 aliphatic rings. The van der Waals surface area contributed by atoms with Crippen molar-refractivity contribution < 1.29 is 4.79 Å². The molecule has 0 unspecified atom stereocenters. The van der Waals surface area contributed by atoms with Crippen LogP contribution in [0.5, 0.6) is 0 Å². The molecule has 1 atom stereocenters. The quantitative estimate of drug-likeness (QED) is 0.905. The lowest BCUT2D eigenvalue weighted by molar-refractivity contribution is 0.231. The second-order valence-electron chi connectivity index (χ2n) is 5.90. The van der Waals surface area contributed by atoms with Gasteiger partial charge in [0.15, 0.2) is 0 Å². The van der Waals surface area contributed by atoms with Crippen LogP contribution in [0.15, 0.2) is 18.2 Å². The van der Waals surface area contributed by atoms with Gasteiger partial charge in [-0.25, -0.2) is 14.5 Å². The minimum absolute atomic E-state index is 0.0792. The highest BCUT2D eigenvalue weighted by Gasteiger charge is 2.22. The summed E-state index contributed by atoms with van der Waals surface area (Å²) in [6.45, 7) is 4.98. The maximum absolute atomic E-state index is 12.1. The van der Waals surface area contributed by atoms with Crippen LogP contribution in [0.4, 0.5) is 4.79 Å². The van der Waals surface area contributed by atoms with Gasteiger partial charge in [-0.15, -0.1) is 0 Å². The van der Waals surface area contributed by atoms with E-state index in [1.165, 1.54) is 0 Å². The first-order valence-electron chi connectivity index (χ1n) is 7.71. The Balaban J connectivity index is 1.51. The van der Waals surface area contributed by atoms with Crippen LogP contribution in [0.3, 0.4) is 0 Å². The molecule has 1 aromatic heterocycles. The van der Waals surface area contributed by atoms with Crippen LogP contribution in [-0.4, -0.2) is 26.8 Å². The number of hydrogen-bond donors (Lipinski definition) is 2. The molecule has 6 nitrogen and oxygen atoms in total. The summed E-state index contributed by atoms with van der Waals surface area (Å²) in [4.78, 5) is 16.4. The minimum atomic E-state index is -0.164. The average Bonchev–Trinajstić information content (AvgIpc) is 2.88. The Labute approximate surface area is 140 Å². The number of benzene rings is 1. The van der Waals surface area contributed by atoms with Crippen LogP contribution >= 0.6 is 11.6 Å². The number of urea groups is 1. The maximum atomic E-state index is 12.1. The van der Waals surface area contributed by atoms with Crippen LogP contribution in [0.2, 0.25) is 5.02 Å². The Kier molecular flexibility index (Phi) is 4.52. The number of aromatic nitrogens is 3. The number of nitrogens with one attached hydrogen (secondary N) is 2. The number of hydrogen-bond acceptors (Lipinski definition) is 3. The summed E-state index contributed by atoms with van der Waals surface area (Å²) in [5.74, 6) is 1.78. The highest BCUT2D eigenvalue weighted by atomic mass is 35.5. The molecule has 2 heterocycles. The van der Waals surface area contributed by atoms with E-state index in [1.54, 1.807) is 0 Å². The van der Waals surface area contributed by atoms with E-state index in [9.17, 15) is 4.79 Å². The number of amides is 2. The van der Waals surface area contributed by atoms with E-state index in [2.05, 4.69) is 20.7 Å². The summed E-state index contributed by atoms with van der Waals surface area (Å²) < 4.78 is 1.88. The van der Waals surface area contributed by atoms with Gasteiger partial charge >= 0.3 is 6.03 Å². The first-order valence-corrected chi connectivity index (χ1v) is 8.09. The largest absolute Gasteiger partial charge is 0.334 e. The average molecular weight is 334 g/mol. The third-order valence-electron chi connectivity index (χ3n) is 3.97. The highest BCUT2D eigenvalue weighted by molar-refractivity contribution is 6.31. The topological polar surface area (TPSA) is 71.8 Å². The van der Waals surface area contributed by atoms with Crippen molar-refractivity contribution in [2.75, 3.05) is 0 Å². The predicted molar refractivity (Wildman–Crippen MR) is 88.4 cm³/mol. The van der Waals surface area contributed by atoms with Crippen LogP contribution in [-0.2, 0) is 19.5 Å². The van der Waals surface area contributed by atoms with Crippen LogP contribution in [0.1, 0.15) is 29.2 Å². The lowest BCUT2D eigenvalue weighted by Gasteiger charge is -2.23. The van der Waals surface area contributed by atoms with Gasteiger partial charge in [-0.1, -0.05) is 23.7 Å². The second kappa shape index (κ2) is 6.58. The standard InChI is InChI=1S/C16H20ClN5O/c1-10-7-12(3-5-14(10)17)8-18-16(23)20-13-4-6-15-19-11(2)21-22(15)9-13/h3,5,7,13H,4,6,8-9H2,1-2H3,(H2,18,20,23)/t13-/m0/s1. The van der Waals surface area contributed by atoms with E-state index in [0.29, 0.717) is 13.1 Å². The van der Waals surface area contributed by atoms with E-state index in [4.69, 9.17) is 11.6 Å². The normalized spacial score (nSPS) is 16.7. The van der Waals surface area contributed by atoms with Gasteiger partial charge in [-0.3, -0.25) is 0 Å². The monoisotopic (exact) mass is 333 g/mol. The van der Waals surface area contributed by atoms with Gasteiger partial charge in [0, 0.05) is 18.0 Å². The van der Waals surface area contributed by atoms with Crippen LogP contribution < -0.4 is 10.6 Å². The zero-order valence-corrected chi connectivity index (χ0v) is 14.0. The molecule has 7 heteroatoms. The summed E-state index contributed by atoms with van der Waals surface area (Å²) in [7, 11) is 0.